The highest BCUT2D eigenvalue weighted by molar-refractivity contribution is 7.99. The van der Waals surface area contributed by atoms with Crippen molar-refractivity contribution in [1.29, 1.82) is 0 Å². The molecule has 0 aliphatic rings. The third-order valence-corrected chi connectivity index (χ3v) is 5.27. The Bertz CT molecular complexity index is 905. The molecule has 24 heavy (non-hydrogen) atoms. The van der Waals surface area contributed by atoms with E-state index >= 15 is 0 Å². The van der Waals surface area contributed by atoms with Crippen LogP contribution in [0, 0.1) is 6.92 Å². The molecule has 5 nitrogen and oxygen atoms in total. The predicted octanol–water partition coefficient (Wildman–Crippen LogP) is 4.67. The molecule has 3 rings (SSSR count). The number of aryl methyl sites for hydroxylation is 1. The smallest absolute Gasteiger partial charge is 0.191 e. The number of hydrogen-bond donors (Lipinski definition) is 0. The second-order valence-electron chi connectivity index (χ2n) is 5.10. The average Bonchev–Trinajstić information content (AvgIpc) is 3.13. The Morgan fingerprint density at radius 1 is 1.25 bits per heavy atom. The Kier molecular flexibility index (Phi) is 4.99. The van der Waals surface area contributed by atoms with Crippen molar-refractivity contribution >= 4 is 40.7 Å². The highest BCUT2D eigenvalue weighted by Crippen LogP contribution is 2.27. The molecule has 0 spiro atoms. The third kappa shape index (κ3) is 3.36. The standard InChI is InChI=1S/C16H13Cl2N3O2S/c1-9-11(5-6-23-9)15-19-20-16(21(15)2)24-8-14(22)10-3-4-12(17)13(18)7-10/h3-7H,8H2,1-2H3. The van der Waals surface area contributed by atoms with Gasteiger partial charge in [0.25, 0.3) is 0 Å². The summed E-state index contributed by atoms with van der Waals surface area (Å²) in [5.41, 5.74) is 1.40. The number of nitrogens with zero attached hydrogens (tertiary/aromatic N) is 3. The minimum absolute atomic E-state index is 0.0531. The van der Waals surface area contributed by atoms with Crippen molar-refractivity contribution in [2.24, 2.45) is 7.05 Å². The van der Waals surface area contributed by atoms with E-state index in [-0.39, 0.29) is 11.5 Å². The molecule has 2 aromatic heterocycles. The number of aromatic nitrogens is 3. The monoisotopic (exact) mass is 381 g/mol. The van der Waals surface area contributed by atoms with Crippen LogP contribution < -0.4 is 0 Å². The number of hydrogen-bond acceptors (Lipinski definition) is 5. The van der Waals surface area contributed by atoms with Crippen LogP contribution >= 0.6 is 35.0 Å². The molecule has 0 fully saturated rings. The third-order valence-electron chi connectivity index (χ3n) is 3.51. The average molecular weight is 382 g/mol. The number of Topliss-reactive ketones (excluding diaryl/α,β-unsaturated/α-hetero) is 1. The number of benzene rings is 1. The van der Waals surface area contributed by atoms with E-state index in [1.165, 1.54) is 11.8 Å². The zero-order chi connectivity index (χ0) is 17.3. The molecule has 0 aliphatic heterocycles. The highest BCUT2D eigenvalue weighted by atomic mass is 35.5. The fourth-order valence-corrected chi connectivity index (χ4v) is 3.28. The normalized spacial score (nSPS) is 11.0. The first-order valence-corrected chi connectivity index (χ1v) is 8.76. The SMILES string of the molecule is Cc1occc1-c1nnc(SCC(=O)c2ccc(Cl)c(Cl)c2)n1C. The van der Waals surface area contributed by atoms with E-state index in [2.05, 4.69) is 10.2 Å². The molecule has 124 valence electrons. The molecule has 0 atom stereocenters. The number of carbonyl (C=O) groups excluding carboxylic acids is 1. The van der Waals surface area contributed by atoms with Crippen molar-refractivity contribution in [1.82, 2.24) is 14.8 Å². The topological polar surface area (TPSA) is 60.9 Å². The molecule has 0 amide bonds. The van der Waals surface area contributed by atoms with E-state index in [1.54, 1.807) is 24.5 Å². The van der Waals surface area contributed by atoms with Crippen molar-refractivity contribution in [3.8, 4) is 11.4 Å². The Morgan fingerprint density at radius 2 is 2.04 bits per heavy atom. The van der Waals surface area contributed by atoms with Gasteiger partial charge in [-0.1, -0.05) is 35.0 Å². The summed E-state index contributed by atoms with van der Waals surface area (Å²) >= 11 is 13.1. The summed E-state index contributed by atoms with van der Waals surface area (Å²) < 4.78 is 7.13. The van der Waals surface area contributed by atoms with Gasteiger partial charge < -0.3 is 8.98 Å². The Balaban J connectivity index is 1.73. The maximum absolute atomic E-state index is 12.3. The Morgan fingerprint density at radius 3 is 2.71 bits per heavy atom. The number of rotatable bonds is 5. The summed E-state index contributed by atoms with van der Waals surface area (Å²) in [7, 11) is 1.85. The number of ketones is 1. The van der Waals surface area contributed by atoms with Crippen LogP contribution in [0.4, 0.5) is 0 Å². The van der Waals surface area contributed by atoms with E-state index in [0.29, 0.717) is 26.6 Å². The summed E-state index contributed by atoms with van der Waals surface area (Å²) in [4.78, 5) is 12.3. The van der Waals surface area contributed by atoms with Gasteiger partial charge in [0.15, 0.2) is 16.8 Å². The lowest BCUT2D eigenvalue weighted by molar-refractivity contribution is 0.102. The van der Waals surface area contributed by atoms with Crippen LogP contribution in [0.3, 0.4) is 0 Å². The largest absolute Gasteiger partial charge is 0.469 e. The van der Waals surface area contributed by atoms with Crippen molar-refractivity contribution in [2.45, 2.75) is 12.1 Å². The molecule has 0 N–H and O–H groups in total. The van der Waals surface area contributed by atoms with Gasteiger partial charge in [0, 0.05) is 12.6 Å². The number of carbonyl (C=O) groups is 1. The van der Waals surface area contributed by atoms with Gasteiger partial charge in [0.2, 0.25) is 0 Å². The fraction of sp³-hybridized carbons (Fsp3) is 0.188. The number of thioether (sulfide) groups is 1. The summed E-state index contributed by atoms with van der Waals surface area (Å²) in [6.07, 6.45) is 1.61. The first-order valence-electron chi connectivity index (χ1n) is 7.02. The lowest BCUT2D eigenvalue weighted by atomic mass is 10.1. The summed E-state index contributed by atoms with van der Waals surface area (Å²) in [5, 5.41) is 9.76. The van der Waals surface area contributed by atoms with Crippen LogP contribution in [-0.4, -0.2) is 26.3 Å². The van der Waals surface area contributed by atoms with Gasteiger partial charge in [0.1, 0.15) is 5.76 Å². The van der Waals surface area contributed by atoms with E-state index in [4.69, 9.17) is 27.6 Å². The number of furan rings is 1. The van der Waals surface area contributed by atoms with Crippen molar-refractivity contribution < 1.29 is 9.21 Å². The first kappa shape index (κ1) is 17.1. The van der Waals surface area contributed by atoms with Crippen LogP contribution in [-0.2, 0) is 7.05 Å². The van der Waals surface area contributed by atoms with Crippen LogP contribution in [0.2, 0.25) is 10.0 Å². The predicted molar refractivity (Wildman–Crippen MR) is 95.0 cm³/mol. The zero-order valence-corrected chi connectivity index (χ0v) is 15.2. The van der Waals surface area contributed by atoms with E-state index in [1.807, 2.05) is 24.6 Å². The van der Waals surface area contributed by atoms with Crippen molar-refractivity contribution in [3.63, 3.8) is 0 Å². The van der Waals surface area contributed by atoms with Crippen molar-refractivity contribution in [3.05, 3.63) is 51.9 Å². The van der Waals surface area contributed by atoms with Crippen LogP contribution in [0.5, 0.6) is 0 Å². The van der Waals surface area contributed by atoms with Gasteiger partial charge in [-0.15, -0.1) is 10.2 Å². The second kappa shape index (κ2) is 7.01. The van der Waals surface area contributed by atoms with Gasteiger partial charge in [-0.05, 0) is 31.2 Å². The molecule has 0 saturated carbocycles. The molecule has 3 aromatic rings. The molecule has 8 heteroatoms. The molecular weight excluding hydrogens is 369 g/mol. The molecule has 0 unspecified atom stereocenters. The van der Waals surface area contributed by atoms with Gasteiger partial charge >= 0.3 is 0 Å². The molecule has 0 aliphatic carbocycles. The number of halogens is 2. The Labute approximate surface area is 153 Å². The van der Waals surface area contributed by atoms with Crippen LogP contribution in [0.25, 0.3) is 11.4 Å². The lowest BCUT2D eigenvalue weighted by Crippen LogP contribution is -2.04. The maximum atomic E-state index is 12.3. The molecule has 2 heterocycles. The summed E-state index contributed by atoms with van der Waals surface area (Å²) in [6, 6.07) is 6.69. The van der Waals surface area contributed by atoms with E-state index in [0.717, 1.165) is 11.3 Å². The molecule has 0 saturated heterocycles. The molecule has 0 radical (unpaired) electrons. The maximum Gasteiger partial charge on any atom is 0.191 e. The summed E-state index contributed by atoms with van der Waals surface area (Å²) in [5.74, 6) is 1.65. The fourth-order valence-electron chi connectivity index (χ4n) is 2.18. The summed E-state index contributed by atoms with van der Waals surface area (Å²) in [6.45, 7) is 1.87. The molecule has 1 aromatic carbocycles. The van der Waals surface area contributed by atoms with Crippen molar-refractivity contribution in [2.75, 3.05) is 5.75 Å². The highest BCUT2D eigenvalue weighted by Gasteiger charge is 2.16. The van der Waals surface area contributed by atoms with Gasteiger partial charge in [-0.3, -0.25) is 4.79 Å². The first-order chi connectivity index (χ1) is 11.5. The zero-order valence-electron chi connectivity index (χ0n) is 12.9. The van der Waals surface area contributed by atoms with Crippen LogP contribution in [0.15, 0.2) is 40.1 Å². The van der Waals surface area contributed by atoms with Gasteiger partial charge in [-0.25, -0.2) is 0 Å². The van der Waals surface area contributed by atoms with E-state index in [9.17, 15) is 4.79 Å². The van der Waals surface area contributed by atoms with Gasteiger partial charge in [0.05, 0.1) is 27.6 Å². The Hall–Kier alpha value is -1.76. The second-order valence-corrected chi connectivity index (χ2v) is 6.85. The minimum atomic E-state index is -0.0531. The molecule has 0 bridgehead atoms. The van der Waals surface area contributed by atoms with E-state index < -0.39 is 0 Å². The molecular formula is C16H13Cl2N3O2S. The van der Waals surface area contributed by atoms with Crippen LogP contribution in [0.1, 0.15) is 16.1 Å². The lowest BCUT2D eigenvalue weighted by Gasteiger charge is -2.04. The minimum Gasteiger partial charge on any atom is -0.469 e. The van der Waals surface area contributed by atoms with Gasteiger partial charge in [-0.2, -0.15) is 0 Å². The quantitative estimate of drug-likeness (QED) is 0.474.